The Hall–Kier alpha value is -3.06. The van der Waals surface area contributed by atoms with Crippen molar-refractivity contribution >= 4 is 17.4 Å². The van der Waals surface area contributed by atoms with Crippen molar-refractivity contribution in [2.24, 2.45) is 7.05 Å². The summed E-state index contributed by atoms with van der Waals surface area (Å²) in [4.78, 5) is 17.0. The number of carbonyl (C=O) groups is 1. The van der Waals surface area contributed by atoms with Gasteiger partial charge >= 0.3 is 0 Å². The quantitative estimate of drug-likeness (QED) is 0.577. The van der Waals surface area contributed by atoms with Gasteiger partial charge in [-0.15, -0.1) is 0 Å². The van der Waals surface area contributed by atoms with Crippen molar-refractivity contribution in [3.8, 4) is 11.3 Å². The number of ketones is 1. The fourth-order valence-corrected chi connectivity index (χ4v) is 4.22. The van der Waals surface area contributed by atoms with Crippen molar-refractivity contribution in [3.05, 3.63) is 52.8 Å². The number of aryl methyl sites for hydroxylation is 2. The average molecular weight is 404 g/mol. The maximum Gasteiger partial charge on any atom is 0.254 e. The number of hydrogen-bond acceptors (Lipinski definition) is 6. The summed E-state index contributed by atoms with van der Waals surface area (Å²) >= 11 is 0. The van der Waals surface area contributed by atoms with Gasteiger partial charge in [-0.3, -0.25) is 9.48 Å². The van der Waals surface area contributed by atoms with Crippen LogP contribution in [0.4, 0.5) is 0 Å². The van der Waals surface area contributed by atoms with E-state index in [1.165, 1.54) is 5.56 Å². The summed E-state index contributed by atoms with van der Waals surface area (Å²) < 4.78 is 12.7. The summed E-state index contributed by atoms with van der Waals surface area (Å²) in [6.45, 7) is 2.63. The molecule has 1 saturated heterocycles. The number of carbonyl (C=O) groups excluding carboxylic acids is 1. The number of Topliss-reactive ketones (excluding diaryl/α,β-unsaturated/α-hetero) is 1. The zero-order chi connectivity index (χ0) is 20.7. The minimum atomic E-state index is 0.0717. The summed E-state index contributed by atoms with van der Waals surface area (Å²) in [5.41, 5.74) is 5.85. The normalized spacial score (nSPS) is 17.9. The topological polar surface area (TPSA) is 83.0 Å². The number of nitrogens with zero attached hydrogens (tertiary/aromatic N) is 4. The van der Waals surface area contributed by atoms with Crippen LogP contribution in [0.25, 0.3) is 22.9 Å². The average Bonchev–Trinajstić information content (AvgIpc) is 3.51. The molecule has 2 aromatic heterocycles. The molecule has 5 rings (SSSR count). The Kier molecular flexibility index (Phi) is 4.83. The summed E-state index contributed by atoms with van der Waals surface area (Å²) in [5, 5.41) is 8.35. The molecular weight excluding hydrogens is 380 g/mol. The SMILES string of the molecule is Cc1noc(C2=Cc3cc(-c4cc(C(=O)CCC5CCCO5)nn4C)ccc3C2)n1. The summed E-state index contributed by atoms with van der Waals surface area (Å²) in [6.07, 6.45) is 6.47. The lowest BCUT2D eigenvalue weighted by atomic mass is 10.0. The van der Waals surface area contributed by atoms with E-state index >= 15 is 0 Å². The first-order valence-corrected chi connectivity index (χ1v) is 10.4. The van der Waals surface area contributed by atoms with Gasteiger partial charge in [0, 0.05) is 37.6 Å². The molecule has 0 bridgehead atoms. The van der Waals surface area contributed by atoms with E-state index in [-0.39, 0.29) is 11.9 Å². The van der Waals surface area contributed by atoms with Gasteiger partial charge in [-0.2, -0.15) is 10.1 Å². The van der Waals surface area contributed by atoms with Crippen molar-refractivity contribution in [2.45, 2.75) is 45.1 Å². The van der Waals surface area contributed by atoms with Gasteiger partial charge in [0.05, 0.1) is 11.8 Å². The predicted octanol–water partition coefficient (Wildman–Crippen LogP) is 4.02. The number of rotatable bonds is 6. The first kappa shape index (κ1) is 18.9. The molecule has 7 nitrogen and oxygen atoms in total. The molecule has 1 unspecified atom stereocenters. The Bertz CT molecular complexity index is 1140. The van der Waals surface area contributed by atoms with E-state index in [0.717, 1.165) is 54.7 Å². The lowest BCUT2D eigenvalue weighted by Gasteiger charge is -2.06. The van der Waals surface area contributed by atoms with Gasteiger partial charge in [-0.05, 0) is 55.5 Å². The second-order valence-corrected chi connectivity index (χ2v) is 8.04. The standard InChI is InChI=1S/C23H24N4O3/c1-14-24-23(30-26-14)18-10-15-5-6-16(11-17(15)12-18)21-13-20(25-27(21)2)22(28)8-7-19-4-3-9-29-19/h5-6,11-13,19H,3-4,7-10H2,1-2H3. The minimum Gasteiger partial charge on any atom is -0.378 e. The molecule has 0 spiro atoms. The summed E-state index contributed by atoms with van der Waals surface area (Å²) in [7, 11) is 1.88. The molecule has 1 aliphatic carbocycles. The Morgan fingerprint density at radius 2 is 2.20 bits per heavy atom. The third-order valence-electron chi connectivity index (χ3n) is 5.84. The molecule has 3 aromatic rings. The molecule has 3 heterocycles. The molecular formula is C23H24N4O3. The molecule has 7 heteroatoms. The summed E-state index contributed by atoms with van der Waals surface area (Å²) in [5.74, 6) is 1.28. The monoisotopic (exact) mass is 404 g/mol. The van der Waals surface area contributed by atoms with E-state index in [1.54, 1.807) is 4.68 Å². The van der Waals surface area contributed by atoms with Crippen molar-refractivity contribution < 1.29 is 14.1 Å². The second-order valence-electron chi connectivity index (χ2n) is 8.04. The van der Waals surface area contributed by atoms with E-state index in [4.69, 9.17) is 9.26 Å². The van der Waals surface area contributed by atoms with E-state index in [9.17, 15) is 4.79 Å². The van der Waals surface area contributed by atoms with Crippen molar-refractivity contribution in [1.29, 1.82) is 0 Å². The van der Waals surface area contributed by atoms with Gasteiger partial charge in [-0.1, -0.05) is 17.3 Å². The Labute approximate surface area is 174 Å². The molecule has 1 fully saturated rings. The fourth-order valence-electron chi connectivity index (χ4n) is 4.22. The number of hydrogen-bond donors (Lipinski definition) is 0. The molecule has 0 amide bonds. The third-order valence-corrected chi connectivity index (χ3v) is 5.84. The van der Waals surface area contributed by atoms with E-state index < -0.39 is 0 Å². The smallest absolute Gasteiger partial charge is 0.254 e. The van der Waals surface area contributed by atoms with Gasteiger partial charge < -0.3 is 9.26 Å². The van der Waals surface area contributed by atoms with Crippen LogP contribution in [0.5, 0.6) is 0 Å². The van der Waals surface area contributed by atoms with Crippen LogP contribution < -0.4 is 0 Å². The number of benzene rings is 1. The van der Waals surface area contributed by atoms with Crippen LogP contribution in [-0.2, 0) is 18.2 Å². The molecule has 0 saturated carbocycles. The zero-order valence-electron chi connectivity index (χ0n) is 17.2. The molecule has 0 radical (unpaired) electrons. The van der Waals surface area contributed by atoms with Crippen LogP contribution in [0, 0.1) is 6.92 Å². The van der Waals surface area contributed by atoms with Crippen LogP contribution in [-0.4, -0.2) is 38.4 Å². The molecule has 30 heavy (non-hydrogen) atoms. The number of aromatic nitrogens is 4. The highest BCUT2D eigenvalue weighted by Crippen LogP contribution is 2.34. The number of allylic oxidation sites excluding steroid dienone is 1. The Morgan fingerprint density at radius 1 is 1.30 bits per heavy atom. The van der Waals surface area contributed by atoms with E-state index in [1.807, 2.05) is 20.0 Å². The lowest BCUT2D eigenvalue weighted by molar-refractivity contribution is 0.0855. The second kappa shape index (κ2) is 7.65. The van der Waals surface area contributed by atoms with Crippen LogP contribution in [0.1, 0.15) is 59.0 Å². The third kappa shape index (κ3) is 3.61. The van der Waals surface area contributed by atoms with Crippen LogP contribution >= 0.6 is 0 Å². The number of fused-ring (bicyclic) bond motifs is 1. The van der Waals surface area contributed by atoms with E-state index in [2.05, 4.69) is 39.5 Å². The maximum absolute atomic E-state index is 12.6. The fraction of sp³-hybridized carbons (Fsp3) is 0.391. The zero-order valence-corrected chi connectivity index (χ0v) is 17.2. The Morgan fingerprint density at radius 3 is 2.97 bits per heavy atom. The Balaban J connectivity index is 1.35. The highest BCUT2D eigenvalue weighted by atomic mass is 16.5. The highest BCUT2D eigenvalue weighted by Gasteiger charge is 2.22. The van der Waals surface area contributed by atoms with Crippen LogP contribution in [0.15, 0.2) is 28.8 Å². The van der Waals surface area contributed by atoms with Gasteiger partial charge in [-0.25, -0.2) is 0 Å². The van der Waals surface area contributed by atoms with Crippen molar-refractivity contribution in [3.63, 3.8) is 0 Å². The molecule has 154 valence electrons. The van der Waals surface area contributed by atoms with Gasteiger partial charge in [0.1, 0.15) is 5.69 Å². The van der Waals surface area contributed by atoms with Crippen LogP contribution in [0.3, 0.4) is 0 Å². The molecule has 0 N–H and O–H groups in total. The lowest BCUT2D eigenvalue weighted by Crippen LogP contribution is -2.09. The van der Waals surface area contributed by atoms with Gasteiger partial charge in [0.25, 0.3) is 5.89 Å². The largest absolute Gasteiger partial charge is 0.378 e. The molecule has 1 atom stereocenters. The highest BCUT2D eigenvalue weighted by molar-refractivity contribution is 5.95. The molecule has 2 aliphatic rings. The van der Waals surface area contributed by atoms with E-state index in [0.29, 0.717) is 23.8 Å². The van der Waals surface area contributed by atoms with Gasteiger partial charge in [0.15, 0.2) is 11.6 Å². The maximum atomic E-state index is 12.6. The summed E-state index contributed by atoms with van der Waals surface area (Å²) in [6, 6.07) is 8.21. The molecule has 1 aliphatic heterocycles. The van der Waals surface area contributed by atoms with Gasteiger partial charge in [0.2, 0.25) is 0 Å². The van der Waals surface area contributed by atoms with Crippen molar-refractivity contribution in [2.75, 3.05) is 6.61 Å². The number of ether oxygens (including phenoxy) is 1. The minimum absolute atomic E-state index is 0.0717. The predicted molar refractivity (Wildman–Crippen MR) is 112 cm³/mol. The molecule has 1 aromatic carbocycles. The van der Waals surface area contributed by atoms with Crippen molar-refractivity contribution in [1.82, 2.24) is 19.9 Å². The first-order valence-electron chi connectivity index (χ1n) is 10.4. The van der Waals surface area contributed by atoms with Crippen LogP contribution in [0.2, 0.25) is 0 Å². The first-order chi connectivity index (χ1) is 14.6.